The Bertz CT molecular complexity index is 203. The van der Waals surface area contributed by atoms with Crippen LogP contribution >= 0.6 is 0 Å². The zero-order chi connectivity index (χ0) is 12.6. The number of likely N-dealkylation sites (N-methyl/N-ethyl adjacent to an activating group) is 1. The van der Waals surface area contributed by atoms with Crippen molar-refractivity contribution < 1.29 is 0 Å². The maximum Gasteiger partial charge on any atom is 0.0195 e. The van der Waals surface area contributed by atoms with E-state index in [0.29, 0.717) is 0 Å². The minimum atomic E-state index is 0.768. The fourth-order valence-electron chi connectivity index (χ4n) is 3.64. The predicted octanol–water partition coefficient (Wildman–Crippen LogP) is 3.42. The van der Waals surface area contributed by atoms with Gasteiger partial charge in [-0.1, -0.05) is 39.0 Å². The molecule has 1 heterocycles. The van der Waals surface area contributed by atoms with Crippen molar-refractivity contribution in [2.75, 3.05) is 26.2 Å². The van der Waals surface area contributed by atoms with Crippen molar-refractivity contribution in [2.45, 2.75) is 70.8 Å². The van der Waals surface area contributed by atoms with Crippen molar-refractivity contribution in [1.82, 2.24) is 10.2 Å². The van der Waals surface area contributed by atoms with Crippen LogP contribution in [-0.4, -0.2) is 37.1 Å². The van der Waals surface area contributed by atoms with Crippen molar-refractivity contribution in [3.63, 3.8) is 0 Å². The highest BCUT2D eigenvalue weighted by molar-refractivity contribution is 4.77. The molecule has 1 N–H and O–H groups in total. The Morgan fingerprint density at radius 3 is 2.22 bits per heavy atom. The molecule has 0 aromatic carbocycles. The van der Waals surface area contributed by atoms with Crippen molar-refractivity contribution in [1.29, 1.82) is 0 Å². The Morgan fingerprint density at radius 1 is 0.889 bits per heavy atom. The Morgan fingerprint density at radius 2 is 1.61 bits per heavy atom. The molecule has 1 aliphatic heterocycles. The summed E-state index contributed by atoms with van der Waals surface area (Å²) in [4.78, 5) is 2.71. The number of rotatable bonds is 5. The Labute approximate surface area is 114 Å². The van der Waals surface area contributed by atoms with Crippen LogP contribution in [0, 0.1) is 5.92 Å². The molecule has 106 valence electrons. The van der Waals surface area contributed by atoms with E-state index < -0.39 is 0 Å². The minimum Gasteiger partial charge on any atom is -0.313 e. The van der Waals surface area contributed by atoms with E-state index in [2.05, 4.69) is 17.1 Å². The van der Waals surface area contributed by atoms with Gasteiger partial charge in [-0.3, -0.25) is 0 Å². The molecule has 1 saturated carbocycles. The standard InChI is InChI=1S/C16H32N2/c1-2-18(14-16-11-7-8-12-17-16)13-15-9-5-3-4-6-10-15/h15-17H,2-14H2,1H3. The Balaban J connectivity index is 1.72. The summed E-state index contributed by atoms with van der Waals surface area (Å²) in [5.41, 5.74) is 0. The third-order valence-electron chi connectivity index (χ3n) is 4.83. The van der Waals surface area contributed by atoms with Crippen LogP contribution in [0.3, 0.4) is 0 Å². The molecule has 1 unspecified atom stereocenters. The molecule has 2 aliphatic rings. The van der Waals surface area contributed by atoms with E-state index in [4.69, 9.17) is 0 Å². The second-order valence-electron chi connectivity index (χ2n) is 6.36. The summed E-state index contributed by atoms with van der Waals surface area (Å²) in [6.45, 7) is 7.45. The molecule has 0 bridgehead atoms. The summed E-state index contributed by atoms with van der Waals surface area (Å²) >= 11 is 0. The molecule has 2 rings (SSSR count). The molecule has 1 atom stereocenters. The zero-order valence-corrected chi connectivity index (χ0v) is 12.3. The van der Waals surface area contributed by atoms with Gasteiger partial charge in [-0.15, -0.1) is 0 Å². The van der Waals surface area contributed by atoms with Gasteiger partial charge in [0.15, 0.2) is 0 Å². The highest BCUT2D eigenvalue weighted by atomic mass is 15.1. The minimum absolute atomic E-state index is 0.768. The van der Waals surface area contributed by atoms with Gasteiger partial charge in [-0.2, -0.15) is 0 Å². The first kappa shape index (κ1) is 14.3. The summed E-state index contributed by atoms with van der Waals surface area (Å²) in [6, 6.07) is 0.768. The summed E-state index contributed by atoms with van der Waals surface area (Å²) < 4.78 is 0. The lowest BCUT2D eigenvalue weighted by Gasteiger charge is -2.32. The molecule has 2 fully saturated rings. The van der Waals surface area contributed by atoms with Crippen molar-refractivity contribution >= 4 is 0 Å². The second-order valence-corrected chi connectivity index (χ2v) is 6.36. The number of nitrogens with one attached hydrogen (secondary N) is 1. The molecule has 1 aliphatic carbocycles. The molecule has 0 spiro atoms. The van der Waals surface area contributed by atoms with Gasteiger partial charge in [0.05, 0.1) is 0 Å². The van der Waals surface area contributed by atoms with E-state index >= 15 is 0 Å². The van der Waals surface area contributed by atoms with Crippen LogP contribution in [0.25, 0.3) is 0 Å². The highest BCUT2D eigenvalue weighted by Gasteiger charge is 2.19. The molecule has 0 aromatic heterocycles. The average Bonchev–Trinajstić information content (AvgIpc) is 2.68. The van der Waals surface area contributed by atoms with E-state index in [1.165, 1.54) is 84.0 Å². The van der Waals surface area contributed by atoms with E-state index in [-0.39, 0.29) is 0 Å². The van der Waals surface area contributed by atoms with Crippen LogP contribution in [0.4, 0.5) is 0 Å². The van der Waals surface area contributed by atoms with E-state index in [9.17, 15) is 0 Å². The van der Waals surface area contributed by atoms with Crippen LogP contribution in [0.2, 0.25) is 0 Å². The monoisotopic (exact) mass is 252 g/mol. The predicted molar refractivity (Wildman–Crippen MR) is 78.9 cm³/mol. The molecule has 18 heavy (non-hydrogen) atoms. The molecular weight excluding hydrogens is 220 g/mol. The van der Waals surface area contributed by atoms with E-state index in [1.807, 2.05) is 0 Å². The number of piperidine rings is 1. The molecular formula is C16H32N2. The maximum atomic E-state index is 3.69. The van der Waals surface area contributed by atoms with Gasteiger partial charge in [0.25, 0.3) is 0 Å². The van der Waals surface area contributed by atoms with Gasteiger partial charge >= 0.3 is 0 Å². The Hall–Kier alpha value is -0.0800. The smallest absolute Gasteiger partial charge is 0.0195 e. The Kier molecular flexibility index (Phi) is 6.50. The van der Waals surface area contributed by atoms with Crippen LogP contribution in [0.5, 0.6) is 0 Å². The normalized spacial score (nSPS) is 27.3. The third kappa shape index (κ3) is 4.89. The van der Waals surface area contributed by atoms with E-state index in [1.54, 1.807) is 0 Å². The van der Waals surface area contributed by atoms with Gasteiger partial charge in [-0.25, -0.2) is 0 Å². The van der Waals surface area contributed by atoms with Crippen molar-refractivity contribution in [2.24, 2.45) is 5.92 Å². The van der Waals surface area contributed by atoms with Crippen LogP contribution in [-0.2, 0) is 0 Å². The number of hydrogen-bond donors (Lipinski definition) is 1. The number of nitrogens with zero attached hydrogens (tertiary/aromatic N) is 1. The van der Waals surface area contributed by atoms with Gasteiger partial charge in [-0.05, 0) is 44.7 Å². The van der Waals surface area contributed by atoms with E-state index in [0.717, 1.165) is 12.0 Å². The molecule has 0 radical (unpaired) electrons. The lowest BCUT2D eigenvalue weighted by molar-refractivity contribution is 0.195. The zero-order valence-electron chi connectivity index (χ0n) is 12.3. The van der Waals surface area contributed by atoms with Gasteiger partial charge < -0.3 is 10.2 Å². The largest absolute Gasteiger partial charge is 0.313 e. The summed E-state index contributed by atoms with van der Waals surface area (Å²) in [6.07, 6.45) is 13.1. The molecule has 1 saturated heterocycles. The SMILES string of the molecule is CCN(CC1CCCCCC1)CC1CCCCN1. The fraction of sp³-hybridized carbons (Fsp3) is 1.00. The second kappa shape index (κ2) is 8.16. The first-order valence-corrected chi connectivity index (χ1v) is 8.34. The maximum absolute atomic E-state index is 3.69. The molecule has 2 nitrogen and oxygen atoms in total. The first-order valence-electron chi connectivity index (χ1n) is 8.34. The van der Waals surface area contributed by atoms with Gasteiger partial charge in [0.2, 0.25) is 0 Å². The fourth-order valence-corrected chi connectivity index (χ4v) is 3.64. The average molecular weight is 252 g/mol. The quantitative estimate of drug-likeness (QED) is 0.754. The third-order valence-corrected chi connectivity index (χ3v) is 4.83. The van der Waals surface area contributed by atoms with Gasteiger partial charge in [0.1, 0.15) is 0 Å². The van der Waals surface area contributed by atoms with Crippen molar-refractivity contribution in [3.8, 4) is 0 Å². The van der Waals surface area contributed by atoms with Gasteiger partial charge in [0, 0.05) is 19.1 Å². The summed E-state index contributed by atoms with van der Waals surface area (Å²) in [5, 5.41) is 3.69. The van der Waals surface area contributed by atoms with Crippen LogP contribution < -0.4 is 5.32 Å². The molecule has 0 aromatic rings. The molecule has 0 amide bonds. The van der Waals surface area contributed by atoms with Crippen molar-refractivity contribution in [3.05, 3.63) is 0 Å². The summed E-state index contributed by atoms with van der Waals surface area (Å²) in [5.74, 6) is 0.982. The molecule has 2 heteroatoms. The lowest BCUT2D eigenvalue weighted by atomic mass is 9.98. The number of hydrogen-bond acceptors (Lipinski definition) is 2. The van der Waals surface area contributed by atoms with Crippen LogP contribution in [0.15, 0.2) is 0 Å². The highest BCUT2D eigenvalue weighted by Crippen LogP contribution is 2.23. The lowest BCUT2D eigenvalue weighted by Crippen LogP contribution is -2.44. The first-order chi connectivity index (χ1) is 8.88. The topological polar surface area (TPSA) is 15.3 Å². The summed E-state index contributed by atoms with van der Waals surface area (Å²) in [7, 11) is 0. The van der Waals surface area contributed by atoms with Crippen LogP contribution in [0.1, 0.15) is 64.7 Å².